The molecule has 0 saturated heterocycles. The molecule has 0 spiro atoms. The molecule has 1 aromatic rings. The Labute approximate surface area is 194 Å². The summed E-state index contributed by atoms with van der Waals surface area (Å²) in [5, 5.41) is 3.90. The maximum atomic E-state index is 13.5. The lowest BCUT2D eigenvalue weighted by molar-refractivity contribution is -0.171. The topological polar surface area (TPSA) is 84.0 Å². The summed E-state index contributed by atoms with van der Waals surface area (Å²) in [4.78, 5) is 52.2. The zero-order chi connectivity index (χ0) is 24.0. The molecule has 2 rings (SSSR count). The lowest BCUT2D eigenvalue weighted by Gasteiger charge is -2.43. The summed E-state index contributed by atoms with van der Waals surface area (Å²) in [7, 11) is 0. The minimum atomic E-state index is -1.21. The molecular formula is C24H32N2O5S. The lowest BCUT2D eigenvalue weighted by atomic mass is 10.0. The van der Waals surface area contributed by atoms with Crippen LogP contribution in [-0.4, -0.2) is 51.0 Å². The number of ether oxygens (including phenoxy) is 1. The smallest absolute Gasteiger partial charge is 0.377 e. The third-order valence-electron chi connectivity index (χ3n) is 4.99. The van der Waals surface area contributed by atoms with Crippen molar-refractivity contribution in [3.8, 4) is 0 Å². The van der Waals surface area contributed by atoms with E-state index < -0.39 is 35.1 Å². The molecule has 0 bridgehead atoms. The molecule has 2 amide bonds. The van der Waals surface area contributed by atoms with Gasteiger partial charge < -0.3 is 4.74 Å². The van der Waals surface area contributed by atoms with Gasteiger partial charge in [-0.3, -0.25) is 14.4 Å². The third kappa shape index (κ3) is 6.00. The number of carbonyl (C=O) groups is 4. The number of hydrogen-bond acceptors (Lipinski definition) is 6. The molecule has 0 aromatic heterocycles. The molecule has 32 heavy (non-hydrogen) atoms. The Morgan fingerprint density at radius 2 is 1.75 bits per heavy atom. The zero-order valence-electron chi connectivity index (χ0n) is 19.5. The highest BCUT2D eigenvalue weighted by atomic mass is 32.2. The second kappa shape index (κ2) is 11.3. The van der Waals surface area contributed by atoms with Gasteiger partial charge in [-0.25, -0.2) is 14.8 Å². The lowest BCUT2D eigenvalue weighted by Crippen LogP contribution is -2.60. The van der Waals surface area contributed by atoms with Crippen molar-refractivity contribution in [1.82, 2.24) is 10.0 Å². The Morgan fingerprint density at radius 3 is 2.25 bits per heavy atom. The highest BCUT2D eigenvalue weighted by molar-refractivity contribution is 8.03. The first-order valence-electron chi connectivity index (χ1n) is 10.8. The summed E-state index contributed by atoms with van der Waals surface area (Å²) in [6, 6.07) is 7.89. The summed E-state index contributed by atoms with van der Waals surface area (Å²) in [5.74, 6) is -2.64. The van der Waals surface area contributed by atoms with Gasteiger partial charge in [-0.2, -0.15) is 0 Å². The largest absolute Gasteiger partial charge is 0.457 e. The van der Waals surface area contributed by atoms with E-state index in [2.05, 4.69) is 0 Å². The molecule has 8 heteroatoms. The van der Waals surface area contributed by atoms with Crippen molar-refractivity contribution in [3.63, 3.8) is 0 Å². The number of thioether (sulfide) groups is 1. The average Bonchev–Trinajstić information content (AvgIpc) is 2.73. The Balaban J connectivity index is 2.56. The van der Waals surface area contributed by atoms with E-state index in [4.69, 9.17) is 4.74 Å². The van der Waals surface area contributed by atoms with Crippen LogP contribution in [-0.2, 0) is 30.3 Å². The average molecular weight is 461 g/mol. The summed E-state index contributed by atoms with van der Waals surface area (Å²) < 4.78 is 5.14. The van der Waals surface area contributed by atoms with Crippen LogP contribution >= 0.6 is 11.8 Å². The van der Waals surface area contributed by atoms with Crippen LogP contribution in [0.3, 0.4) is 0 Å². The number of amides is 2. The molecule has 0 aliphatic carbocycles. The maximum Gasteiger partial charge on any atom is 0.377 e. The van der Waals surface area contributed by atoms with Gasteiger partial charge in [0.2, 0.25) is 5.91 Å². The Hall–Kier alpha value is -2.61. The monoisotopic (exact) mass is 460 g/mol. The van der Waals surface area contributed by atoms with E-state index in [9.17, 15) is 19.2 Å². The third-order valence-corrected chi connectivity index (χ3v) is 6.44. The van der Waals surface area contributed by atoms with E-state index in [-0.39, 0.29) is 18.2 Å². The Bertz CT molecular complexity index is 882. The van der Waals surface area contributed by atoms with E-state index in [1.165, 1.54) is 23.7 Å². The molecule has 1 heterocycles. The predicted molar refractivity (Wildman–Crippen MR) is 124 cm³/mol. The highest BCUT2D eigenvalue weighted by Crippen LogP contribution is 2.34. The van der Waals surface area contributed by atoms with E-state index in [0.717, 1.165) is 10.6 Å². The maximum absolute atomic E-state index is 13.5. The predicted octanol–water partition coefficient (Wildman–Crippen LogP) is 3.73. The fourth-order valence-electron chi connectivity index (χ4n) is 3.48. The van der Waals surface area contributed by atoms with Gasteiger partial charge in [-0.1, -0.05) is 51.1 Å². The molecule has 1 unspecified atom stereocenters. The summed E-state index contributed by atoms with van der Waals surface area (Å²) in [6.07, 6.45) is 0.0713. The van der Waals surface area contributed by atoms with E-state index in [0.29, 0.717) is 12.1 Å². The van der Waals surface area contributed by atoms with Crippen molar-refractivity contribution in [2.24, 2.45) is 5.92 Å². The minimum absolute atomic E-state index is 0.0210. The van der Waals surface area contributed by atoms with Crippen LogP contribution in [0.25, 0.3) is 0 Å². The number of nitrogens with zero attached hydrogens (tertiary/aromatic N) is 2. The fourth-order valence-corrected chi connectivity index (χ4v) is 4.58. The number of allylic oxidation sites excluding steroid dienone is 1. The standard InChI is InChI=1S/C24H32N2O5S/c1-7-19-14-32-22(15(2)3)23(29)26(19)25(17(6)27)20(13-18-11-9-8-10-12-18)21(28)24(30)31-16(4)5/h8-12,14-16,20,22H,7,13H2,1-6H3/t20-,22?/m0/s1. The van der Waals surface area contributed by atoms with Crippen molar-refractivity contribution in [2.45, 2.75) is 71.8 Å². The van der Waals surface area contributed by atoms with Crippen molar-refractivity contribution in [2.75, 3.05) is 0 Å². The Morgan fingerprint density at radius 1 is 1.12 bits per heavy atom. The van der Waals surface area contributed by atoms with Crippen LogP contribution in [0.5, 0.6) is 0 Å². The highest BCUT2D eigenvalue weighted by Gasteiger charge is 2.43. The summed E-state index contributed by atoms with van der Waals surface area (Å²) >= 11 is 1.42. The first-order valence-corrected chi connectivity index (χ1v) is 11.8. The number of carbonyl (C=O) groups excluding carboxylic acids is 4. The van der Waals surface area contributed by atoms with Gasteiger partial charge in [0.05, 0.1) is 11.4 Å². The summed E-state index contributed by atoms with van der Waals surface area (Å²) in [6.45, 7) is 10.3. The number of esters is 1. The SMILES string of the molecule is CCC1=CSC(C(C)C)C(=O)N1N(C(C)=O)[C@@H](Cc1ccccc1)C(=O)C(=O)OC(C)C. The first kappa shape index (κ1) is 25.6. The molecule has 0 fully saturated rings. The molecule has 1 aliphatic rings. The number of Topliss-reactive ketones (excluding diaryl/α,β-unsaturated/α-hetero) is 1. The van der Waals surface area contributed by atoms with Gasteiger partial charge in [0.15, 0.2) is 0 Å². The van der Waals surface area contributed by atoms with E-state index >= 15 is 0 Å². The van der Waals surface area contributed by atoms with Gasteiger partial charge in [0, 0.05) is 19.0 Å². The molecule has 7 nitrogen and oxygen atoms in total. The van der Waals surface area contributed by atoms with Crippen LogP contribution in [0, 0.1) is 5.92 Å². The van der Waals surface area contributed by atoms with Crippen LogP contribution in [0.1, 0.15) is 53.5 Å². The molecule has 1 aliphatic heterocycles. The summed E-state index contributed by atoms with van der Waals surface area (Å²) in [5.41, 5.74) is 1.37. The molecule has 0 saturated carbocycles. The van der Waals surface area contributed by atoms with Crippen molar-refractivity contribution >= 4 is 35.3 Å². The molecule has 174 valence electrons. The second-order valence-corrected chi connectivity index (χ2v) is 9.32. The van der Waals surface area contributed by atoms with Crippen LogP contribution < -0.4 is 0 Å². The second-order valence-electron chi connectivity index (χ2n) is 8.30. The minimum Gasteiger partial charge on any atom is -0.457 e. The van der Waals surface area contributed by atoms with Gasteiger partial charge in [0.1, 0.15) is 6.04 Å². The van der Waals surface area contributed by atoms with Gasteiger partial charge in [-0.05, 0) is 37.2 Å². The molecule has 0 radical (unpaired) electrons. The van der Waals surface area contributed by atoms with Crippen LogP contribution in [0.15, 0.2) is 41.4 Å². The number of rotatable bonds is 9. The molecule has 1 aromatic carbocycles. The normalized spacial score (nSPS) is 17.2. The number of benzene rings is 1. The number of ketones is 1. The van der Waals surface area contributed by atoms with Gasteiger partial charge in [0.25, 0.3) is 11.7 Å². The Kier molecular flexibility index (Phi) is 9.07. The molecule has 0 N–H and O–H groups in total. The van der Waals surface area contributed by atoms with Crippen LogP contribution in [0.4, 0.5) is 0 Å². The quantitative estimate of drug-likeness (QED) is 0.412. The van der Waals surface area contributed by atoms with E-state index in [1.54, 1.807) is 13.8 Å². The fraction of sp³-hybridized carbons (Fsp3) is 0.500. The van der Waals surface area contributed by atoms with Crippen molar-refractivity contribution in [3.05, 3.63) is 47.0 Å². The number of hydrogen-bond donors (Lipinski definition) is 0. The van der Waals surface area contributed by atoms with Gasteiger partial charge in [-0.15, -0.1) is 11.8 Å². The van der Waals surface area contributed by atoms with Crippen molar-refractivity contribution < 1.29 is 23.9 Å². The van der Waals surface area contributed by atoms with Gasteiger partial charge >= 0.3 is 5.97 Å². The van der Waals surface area contributed by atoms with E-state index in [1.807, 2.05) is 56.5 Å². The van der Waals surface area contributed by atoms with Crippen LogP contribution in [0.2, 0.25) is 0 Å². The molecule has 2 atom stereocenters. The molecular weight excluding hydrogens is 428 g/mol. The first-order chi connectivity index (χ1) is 15.1. The zero-order valence-corrected chi connectivity index (χ0v) is 20.3. The van der Waals surface area contributed by atoms with Crippen molar-refractivity contribution in [1.29, 1.82) is 0 Å². The number of hydrazine groups is 1.